The Morgan fingerprint density at radius 3 is 2.50 bits per heavy atom. The van der Waals surface area contributed by atoms with E-state index in [0.717, 1.165) is 12.2 Å². The first-order chi connectivity index (χ1) is 14.5. The highest BCUT2D eigenvalue weighted by Crippen LogP contribution is 2.24. The smallest absolute Gasteiger partial charge is 0.322 e. The summed E-state index contributed by atoms with van der Waals surface area (Å²) in [7, 11) is 0. The number of para-hydroxylation sites is 2. The molecule has 3 rings (SSSR count). The Hall–Kier alpha value is -3.21. The Bertz CT molecular complexity index is 961. The summed E-state index contributed by atoms with van der Waals surface area (Å²) in [6.45, 7) is 9.94. The molecule has 158 valence electrons. The lowest BCUT2D eigenvalue weighted by Crippen LogP contribution is -2.40. The Kier molecular flexibility index (Phi) is 7.17. The fourth-order valence-corrected chi connectivity index (χ4v) is 3.34. The van der Waals surface area contributed by atoms with E-state index in [9.17, 15) is 4.79 Å². The molecular formula is C25H31N3O2. The van der Waals surface area contributed by atoms with Crippen molar-refractivity contribution in [3.05, 3.63) is 83.7 Å². The minimum atomic E-state index is -0.139. The molecule has 0 aliphatic rings. The highest BCUT2D eigenvalue weighted by Gasteiger charge is 2.20. The zero-order chi connectivity index (χ0) is 21.5. The molecule has 3 aromatic rings. The average Bonchev–Trinajstić information content (AvgIpc) is 3.16. The predicted molar refractivity (Wildman–Crippen MR) is 122 cm³/mol. The predicted octanol–water partition coefficient (Wildman–Crippen LogP) is 5.69. The molecule has 30 heavy (non-hydrogen) atoms. The van der Waals surface area contributed by atoms with Gasteiger partial charge in [0.2, 0.25) is 0 Å². The highest BCUT2D eigenvalue weighted by molar-refractivity contribution is 5.91. The van der Waals surface area contributed by atoms with Crippen molar-refractivity contribution in [3.8, 4) is 5.75 Å². The van der Waals surface area contributed by atoms with Crippen LogP contribution in [0.3, 0.4) is 0 Å². The fraction of sp³-hybridized carbons (Fsp3) is 0.320. The monoisotopic (exact) mass is 405 g/mol. The summed E-state index contributed by atoms with van der Waals surface area (Å²) in [5.74, 6) is 0.680. The first-order valence-corrected chi connectivity index (χ1v) is 10.5. The van der Waals surface area contributed by atoms with E-state index in [1.54, 1.807) is 0 Å². The van der Waals surface area contributed by atoms with Crippen LogP contribution in [0.25, 0.3) is 0 Å². The zero-order valence-corrected chi connectivity index (χ0v) is 18.3. The summed E-state index contributed by atoms with van der Waals surface area (Å²) in [4.78, 5) is 14.9. The maximum Gasteiger partial charge on any atom is 0.322 e. The van der Waals surface area contributed by atoms with E-state index in [0.29, 0.717) is 24.6 Å². The van der Waals surface area contributed by atoms with Crippen molar-refractivity contribution in [3.63, 3.8) is 0 Å². The molecule has 0 fully saturated rings. The standard InChI is InChI=1S/C25H31N3O2/c1-5-30-24-11-7-6-10-23(24)26-25(29)28(19(2)3)18-22-9-8-16-27(22)17-21-14-12-20(4)13-15-21/h6-16,19H,5,17-18H2,1-4H3,(H,26,29). The molecule has 5 heteroatoms. The van der Waals surface area contributed by atoms with Crippen LogP contribution in [0.1, 0.15) is 37.6 Å². The molecule has 2 amide bonds. The molecule has 0 saturated heterocycles. The number of anilines is 1. The highest BCUT2D eigenvalue weighted by atomic mass is 16.5. The maximum absolute atomic E-state index is 13.1. The molecule has 0 aliphatic carbocycles. The largest absolute Gasteiger partial charge is 0.492 e. The van der Waals surface area contributed by atoms with Crippen LogP contribution in [0.2, 0.25) is 0 Å². The van der Waals surface area contributed by atoms with Crippen LogP contribution in [0.5, 0.6) is 5.75 Å². The molecule has 2 aromatic carbocycles. The minimum Gasteiger partial charge on any atom is -0.492 e. The minimum absolute atomic E-state index is 0.0481. The van der Waals surface area contributed by atoms with Crippen LogP contribution in [0.15, 0.2) is 66.9 Å². The van der Waals surface area contributed by atoms with E-state index in [-0.39, 0.29) is 12.1 Å². The quantitative estimate of drug-likeness (QED) is 0.524. The van der Waals surface area contributed by atoms with E-state index in [4.69, 9.17) is 4.74 Å². The van der Waals surface area contributed by atoms with Gasteiger partial charge < -0.3 is 19.5 Å². The fourth-order valence-electron chi connectivity index (χ4n) is 3.34. The number of rotatable bonds is 8. The number of amides is 2. The summed E-state index contributed by atoms with van der Waals surface area (Å²) in [6, 6.07) is 20.1. The topological polar surface area (TPSA) is 46.5 Å². The van der Waals surface area contributed by atoms with Gasteiger partial charge in [-0.25, -0.2) is 4.79 Å². The van der Waals surface area contributed by atoms with Crippen LogP contribution in [0, 0.1) is 6.92 Å². The number of hydrogen-bond donors (Lipinski definition) is 1. The number of carbonyl (C=O) groups excluding carboxylic acids is 1. The molecule has 0 spiro atoms. The van der Waals surface area contributed by atoms with Crippen molar-refractivity contribution in [1.29, 1.82) is 0 Å². The van der Waals surface area contributed by atoms with Crippen molar-refractivity contribution < 1.29 is 9.53 Å². The normalized spacial score (nSPS) is 10.8. The summed E-state index contributed by atoms with van der Waals surface area (Å²) >= 11 is 0. The average molecular weight is 406 g/mol. The Labute approximate surface area is 179 Å². The first kappa shape index (κ1) is 21.5. The maximum atomic E-state index is 13.1. The molecule has 0 atom stereocenters. The number of aryl methyl sites for hydroxylation is 1. The van der Waals surface area contributed by atoms with E-state index in [1.165, 1.54) is 11.1 Å². The second-order valence-electron chi connectivity index (χ2n) is 7.69. The van der Waals surface area contributed by atoms with Gasteiger partial charge in [-0.15, -0.1) is 0 Å². The van der Waals surface area contributed by atoms with Gasteiger partial charge in [-0.05, 0) is 57.5 Å². The SMILES string of the molecule is CCOc1ccccc1NC(=O)N(Cc1cccn1Cc1ccc(C)cc1)C(C)C. The Morgan fingerprint density at radius 2 is 1.80 bits per heavy atom. The van der Waals surface area contributed by atoms with Gasteiger partial charge in [0, 0.05) is 24.5 Å². The molecule has 0 saturated carbocycles. The van der Waals surface area contributed by atoms with Gasteiger partial charge in [-0.3, -0.25) is 0 Å². The number of nitrogens with one attached hydrogen (secondary N) is 1. The van der Waals surface area contributed by atoms with Crippen LogP contribution >= 0.6 is 0 Å². The van der Waals surface area contributed by atoms with E-state index >= 15 is 0 Å². The third kappa shape index (κ3) is 5.44. The van der Waals surface area contributed by atoms with Crippen molar-refractivity contribution in [2.45, 2.75) is 46.8 Å². The molecule has 0 aliphatic heterocycles. The summed E-state index contributed by atoms with van der Waals surface area (Å²) < 4.78 is 7.84. The van der Waals surface area contributed by atoms with Crippen molar-refractivity contribution in [2.75, 3.05) is 11.9 Å². The van der Waals surface area contributed by atoms with Gasteiger partial charge in [-0.1, -0.05) is 42.0 Å². The molecule has 0 unspecified atom stereocenters. The first-order valence-electron chi connectivity index (χ1n) is 10.5. The number of aromatic nitrogens is 1. The van der Waals surface area contributed by atoms with Gasteiger partial charge >= 0.3 is 6.03 Å². The van der Waals surface area contributed by atoms with Crippen LogP contribution in [-0.4, -0.2) is 28.1 Å². The van der Waals surface area contributed by atoms with Gasteiger partial charge in [0.25, 0.3) is 0 Å². The van der Waals surface area contributed by atoms with E-state index in [2.05, 4.69) is 53.3 Å². The summed E-state index contributed by atoms with van der Waals surface area (Å²) in [5.41, 5.74) is 4.27. The summed E-state index contributed by atoms with van der Waals surface area (Å²) in [6.07, 6.45) is 2.07. The lowest BCUT2D eigenvalue weighted by atomic mass is 10.1. The lowest BCUT2D eigenvalue weighted by molar-refractivity contribution is 0.192. The van der Waals surface area contributed by atoms with Gasteiger partial charge in [0.05, 0.1) is 18.8 Å². The van der Waals surface area contributed by atoms with E-state index < -0.39 is 0 Å². The number of carbonyl (C=O) groups is 1. The molecular weight excluding hydrogens is 374 g/mol. The number of hydrogen-bond acceptors (Lipinski definition) is 2. The number of nitrogens with zero attached hydrogens (tertiary/aromatic N) is 2. The van der Waals surface area contributed by atoms with Crippen molar-refractivity contribution in [2.24, 2.45) is 0 Å². The lowest BCUT2D eigenvalue weighted by Gasteiger charge is -2.28. The molecule has 1 heterocycles. The second kappa shape index (κ2) is 10.0. The Balaban J connectivity index is 1.74. The van der Waals surface area contributed by atoms with Gasteiger partial charge in [0.15, 0.2) is 0 Å². The van der Waals surface area contributed by atoms with E-state index in [1.807, 2.05) is 56.0 Å². The Morgan fingerprint density at radius 1 is 1.07 bits per heavy atom. The van der Waals surface area contributed by atoms with Crippen LogP contribution in [-0.2, 0) is 13.1 Å². The van der Waals surface area contributed by atoms with Crippen molar-refractivity contribution >= 4 is 11.7 Å². The molecule has 0 radical (unpaired) electrons. The summed E-state index contributed by atoms with van der Waals surface area (Å²) in [5, 5.41) is 3.02. The molecule has 0 bridgehead atoms. The third-order valence-corrected chi connectivity index (χ3v) is 5.04. The molecule has 1 N–H and O–H groups in total. The van der Waals surface area contributed by atoms with Crippen LogP contribution < -0.4 is 10.1 Å². The van der Waals surface area contributed by atoms with Crippen molar-refractivity contribution in [1.82, 2.24) is 9.47 Å². The number of urea groups is 1. The molecule has 1 aromatic heterocycles. The van der Waals surface area contributed by atoms with Gasteiger partial charge in [0.1, 0.15) is 5.75 Å². The van der Waals surface area contributed by atoms with Gasteiger partial charge in [-0.2, -0.15) is 0 Å². The van der Waals surface area contributed by atoms with Crippen LogP contribution in [0.4, 0.5) is 10.5 Å². The second-order valence-corrected chi connectivity index (χ2v) is 7.69. The molecule has 5 nitrogen and oxygen atoms in total. The zero-order valence-electron chi connectivity index (χ0n) is 18.3. The number of benzene rings is 2. The number of ether oxygens (including phenoxy) is 1. The third-order valence-electron chi connectivity index (χ3n) is 5.04.